The predicted octanol–water partition coefficient (Wildman–Crippen LogP) is 2.00. The van der Waals surface area contributed by atoms with Gasteiger partial charge in [0.1, 0.15) is 0 Å². The van der Waals surface area contributed by atoms with Crippen molar-refractivity contribution < 1.29 is 14.7 Å². The molecule has 2 N–H and O–H groups in total. The lowest BCUT2D eigenvalue weighted by Crippen LogP contribution is -2.46. The van der Waals surface area contributed by atoms with E-state index >= 15 is 0 Å². The van der Waals surface area contributed by atoms with Crippen molar-refractivity contribution in [2.75, 3.05) is 19.6 Å². The number of carboxylic acid groups (broad SMARTS) is 1. The first kappa shape index (κ1) is 16.8. The topological polar surface area (TPSA) is 69.6 Å². The molecule has 0 radical (unpaired) electrons. The molecule has 1 fully saturated rings. The van der Waals surface area contributed by atoms with E-state index in [0.717, 1.165) is 12.1 Å². The Morgan fingerprint density at radius 3 is 2.86 bits per heavy atom. The number of hydrogen-bond acceptors (Lipinski definition) is 3. The van der Waals surface area contributed by atoms with Crippen molar-refractivity contribution in [2.45, 2.75) is 19.9 Å². The van der Waals surface area contributed by atoms with E-state index in [-0.39, 0.29) is 24.3 Å². The fourth-order valence-electron chi connectivity index (χ4n) is 2.88. The predicted molar refractivity (Wildman–Crippen MR) is 84.6 cm³/mol. The lowest BCUT2D eigenvalue weighted by atomic mass is 9.90. The molecule has 1 aliphatic rings. The number of benzene rings is 1. The Morgan fingerprint density at radius 2 is 2.18 bits per heavy atom. The van der Waals surface area contributed by atoms with Gasteiger partial charge in [-0.1, -0.05) is 30.7 Å². The summed E-state index contributed by atoms with van der Waals surface area (Å²) in [5.41, 5.74) is 0.941. The molecule has 22 heavy (non-hydrogen) atoms. The van der Waals surface area contributed by atoms with Crippen LogP contribution in [0.4, 0.5) is 0 Å². The monoisotopic (exact) mass is 324 g/mol. The average Bonchev–Trinajstić information content (AvgIpc) is 2.44. The molecular formula is C16H21ClN2O3. The fraction of sp³-hybridized carbons (Fsp3) is 0.500. The Bertz CT molecular complexity index is 550. The number of halogens is 1. The molecule has 5 nitrogen and oxygen atoms in total. The standard InChI is InChI=1S/C16H21ClN2O3/c1-11-5-13(16(21)22)9-19(8-11)10-15(20)18-7-12-3-2-4-14(17)6-12/h2-4,6,11,13H,5,7-10H2,1H3,(H,18,20)(H,21,22). The third kappa shape index (κ3) is 5.00. The summed E-state index contributed by atoms with van der Waals surface area (Å²) in [7, 11) is 0. The summed E-state index contributed by atoms with van der Waals surface area (Å²) in [6.07, 6.45) is 0.677. The van der Waals surface area contributed by atoms with Crippen molar-refractivity contribution >= 4 is 23.5 Å². The van der Waals surface area contributed by atoms with E-state index in [2.05, 4.69) is 5.32 Å². The molecule has 2 rings (SSSR count). The normalized spacial score (nSPS) is 22.3. The lowest BCUT2D eigenvalue weighted by Gasteiger charge is -2.34. The molecule has 120 valence electrons. The summed E-state index contributed by atoms with van der Waals surface area (Å²) in [4.78, 5) is 25.1. The van der Waals surface area contributed by atoms with E-state index in [1.807, 2.05) is 30.0 Å². The summed E-state index contributed by atoms with van der Waals surface area (Å²) >= 11 is 5.90. The zero-order valence-corrected chi connectivity index (χ0v) is 13.3. The maximum absolute atomic E-state index is 12.0. The van der Waals surface area contributed by atoms with E-state index in [9.17, 15) is 9.59 Å². The zero-order chi connectivity index (χ0) is 16.1. The van der Waals surface area contributed by atoms with Crippen LogP contribution < -0.4 is 5.32 Å². The molecule has 1 aromatic carbocycles. The van der Waals surface area contributed by atoms with Gasteiger partial charge in [0.25, 0.3) is 0 Å². The third-order valence-corrected chi connectivity index (χ3v) is 4.07. The van der Waals surface area contributed by atoms with Gasteiger partial charge in [0, 0.05) is 24.7 Å². The third-order valence-electron chi connectivity index (χ3n) is 3.83. The number of amides is 1. The number of hydrogen-bond donors (Lipinski definition) is 2. The number of aliphatic carboxylic acids is 1. The second-order valence-electron chi connectivity index (χ2n) is 5.98. The number of carboxylic acids is 1. The number of piperidine rings is 1. The first-order chi connectivity index (χ1) is 10.4. The molecule has 0 bridgehead atoms. The Kier molecular flexibility index (Phi) is 5.80. The molecule has 0 aromatic heterocycles. The van der Waals surface area contributed by atoms with E-state index in [1.54, 1.807) is 6.07 Å². The van der Waals surface area contributed by atoms with Crippen LogP contribution in [0, 0.1) is 11.8 Å². The van der Waals surface area contributed by atoms with Crippen LogP contribution in [0.5, 0.6) is 0 Å². The fourth-order valence-corrected chi connectivity index (χ4v) is 3.09. The number of carbonyl (C=O) groups is 2. The number of likely N-dealkylation sites (tertiary alicyclic amines) is 1. The number of rotatable bonds is 5. The van der Waals surface area contributed by atoms with Crippen LogP contribution in [-0.2, 0) is 16.1 Å². The highest BCUT2D eigenvalue weighted by molar-refractivity contribution is 6.30. The minimum absolute atomic E-state index is 0.0989. The van der Waals surface area contributed by atoms with Gasteiger partial charge >= 0.3 is 5.97 Å². The van der Waals surface area contributed by atoms with Gasteiger partial charge in [0.2, 0.25) is 5.91 Å². The van der Waals surface area contributed by atoms with Crippen molar-refractivity contribution in [2.24, 2.45) is 11.8 Å². The van der Waals surface area contributed by atoms with Crippen LogP contribution in [0.25, 0.3) is 0 Å². The van der Waals surface area contributed by atoms with Crippen molar-refractivity contribution in [1.82, 2.24) is 10.2 Å². The molecule has 2 unspecified atom stereocenters. The largest absolute Gasteiger partial charge is 0.481 e. The Hall–Kier alpha value is -1.59. The van der Waals surface area contributed by atoms with Crippen LogP contribution in [0.3, 0.4) is 0 Å². The Morgan fingerprint density at radius 1 is 1.41 bits per heavy atom. The minimum atomic E-state index is -0.782. The zero-order valence-electron chi connectivity index (χ0n) is 12.6. The van der Waals surface area contributed by atoms with Crippen molar-refractivity contribution in [3.8, 4) is 0 Å². The molecule has 0 aliphatic carbocycles. The molecule has 1 aromatic rings. The SMILES string of the molecule is CC1CC(C(=O)O)CN(CC(=O)NCc2cccc(Cl)c2)C1. The van der Waals surface area contributed by atoms with Gasteiger partial charge in [-0.05, 0) is 30.0 Å². The lowest BCUT2D eigenvalue weighted by molar-refractivity contribution is -0.145. The molecule has 0 saturated carbocycles. The van der Waals surface area contributed by atoms with Crippen LogP contribution in [-0.4, -0.2) is 41.5 Å². The van der Waals surface area contributed by atoms with Crippen LogP contribution >= 0.6 is 11.6 Å². The summed E-state index contributed by atoms with van der Waals surface area (Å²) < 4.78 is 0. The maximum atomic E-state index is 12.0. The van der Waals surface area contributed by atoms with Gasteiger partial charge in [0.05, 0.1) is 12.5 Å². The maximum Gasteiger partial charge on any atom is 0.307 e. The van der Waals surface area contributed by atoms with Gasteiger partial charge in [-0.15, -0.1) is 0 Å². The van der Waals surface area contributed by atoms with Gasteiger partial charge < -0.3 is 10.4 Å². The molecule has 6 heteroatoms. The van der Waals surface area contributed by atoms with Crippen molar-refractivity contribution in [3.05, 3.63) is 34.9 Å². The van der Waals surface area contributed by atoms with E-state index < -0.39 is 5.97 Å². The van der Waals surface area contributed by atoms with Crippen LogP contribution in [0.15, 0.2) is 24.3 Å². The Balaban J connectivity index is 1.82. The molecule has 1 heterocycles. The highest BCUT2D eigenvalue weighted by Gasteiger charge is 2.30. The second kappa shape index (κ2) is 7.61. The number of nitrogens with one attached hydrogen (secondary N) is 1. The quantitative estimate of drug-likeness (QED) is 0.869. The summed E-state index contributed by atoms with van der Waals surface area (Å²) in [6.45, 7) is 3.87. The van der Waals surface area contributed by atoms with Gasteiger partial charge in [-0.2, -0.15) is 0 Å². The van der Waals surface area contributed by atoms with Gasteiger partial charge in [0.15, 0.2) is 0 Å². The van der Waals surface area contributed by atoms with Gasteiger partial charge in [-0.25, -0.2) is 0 Å². The first-order valence-corrected chi connectivity index (χ1v) is 7.78. The highest BCUT2D eigenvalue weighted by atomic mass is 35.5. The minimum Gasteiger partial charge on any atom is -0.481 e. The van der Waals surface area contributed by atoms with E-state index in [0.29, 0.717) is 24.5 Å². The average molecular weight is 325 g/mol. The summed E-state index contributed by atoms with van der Waals surface area (Å²) in [5, 5.41) is 12.6. The van der Waals surface area contributed by atoms with Gasteiger partial charge in [-0.3, -0.25) is 14.5 Å². The summed E-state index contributed by atoms with van der Waals surface area (Å²) in [5.74, 6) is -0.978. The highest BCUT2D eigenvalue weighted by Crippen LogP contribution is 2.21. The number of nitrogens with zero attached hydrogens (tertiary/aromatic N) is 1. The van der Waals surface area contributed by atoms with E-state index in [4.69, 9.17) is 16.7 Å². The first-order valence-electron chi connectivity index (χ1n) is 7.40. The van der Waals surface area contributed by atoms with Crippen LogP contribution in [0.2, 0.25) is 5.02 Å². The summed E-state index contributed by atoms with van der Waals surface area (Å²) in [6, 6.07) is 7.34. The molecular weight excluding hydrogens is 304 g/mol. The molecule has 1 saturated heterocycles. The second-order valence-corrected chi connectivity index (χ2v) is 6.41. The van der Waals surface area contributed by atoms with Crippen LogP contribution in [0.1, 0.15) is 18.9 Å². The Labute approximate surface area is 135 Å². The smallest absolute Gasteiger partial charge is 0.307 e. The molecule has 2 atom stereocenters. The van der Waals surface area contributed by atoms with Crippen molar-refractivity contribution in [1.29, 1.82) is 0 Å². The molecule has 1 aliphatic heterocycles. The molecule has 0 spiro atoms. The van der Waals surface area contributed by atoms with E-state index in [1.165, 1.54) is 0 Å². The van der Waals surface area contributed by atoms with Crippen molar-refractivity contribution in [3.63, 3.8) is 0 Å². The number of carbonyl (C=O) groups excluding carboxylic acids is 1. The molecule has 1 amide bonds.